The van der Waals surface area contributed by atoms with Gasteiger partial charge in [0.2, 0.25) is 0 Å². The van der Waals surface area contributed by atoms with Crippen molar-refractivity contribution in [2.75, 3.05) is 32.7 Å². The van der Waals surface area contributed by atoms with Crippen molar-refractivity contribution in [2.45, 2.75) is 6.92 Å². The van der Waals surface area contributed by atoms with E-state index in [0.717, 1.165) is 19.6 Å². The summed E-state index contributed by atoms with van der Waals surface area (Å²) in [6, 6.07) is 3.98. The molecular weight excluding hydrogens is 232 g/mol. The van der Waals surface area contributed by atoms with E-state index in [-0.39, 0.29) is 17.4 Å². The molecule has 0 atom stereocenters. The van der Waals surface area contributed by atoms with Gasteiger partial charge in [-0.15, -0.1) is 0 Å². The fourth-order valence-electron chi connectivity index (χ4n) is 2.17. The number of benzene rings is 1. The molecular formula is C13H18N2O3. The average molecular weight is 250 g/mol. The SMILES string of the molecule is CCN1CCN(C(=O)c2cc(O)cc(O)c2)CC1. The molecule has 0 saturated carbocycles. The minimum absolute atomic E-state index is 0.0921. The topological polar surface area (TPSA) is 64.0 Å². The van der Waals surface area contributed by atoms with Crippen molar-refractivity contribution >= 4 is 5.91 Å². The van der Waals surface area contributed by atoms with Crippen LogP contribution in [-0.2, 0) is 0 Å². The summed E-state index contributed by atoms with van der Waals surface area (Å²) < 4.78 is 0. The van der Waals surface area contributed by atoms with Crippen molar-refractivity contribution in [3.05, 3.63) is 23.8 Å². The highest BCUT2D eigenvalue weighted by atomic mass is 16.3. The first kappa shape index (κ1) is 12.7. The smallest absolute Gasteiger partial charge is 0.254 e. The molecule has 5 heteroatoms. The van der Waals surface area contributed by atoms with Crippen LogP contribution in [0.2, 0.25) is 0 Å². The van der Waals surface area contributed by atoms with Gasteiger partial charge in [-0.25, -0.2) is 0 Å². The molecule has 1 aliphatic heterocycles. The van der Waals surface area contributed by atoms with Crippen LogP contribution in [-0.4, -0.2) is 58.6 Å². The molecule has 1 aromatic rings. The summed E-state index contributed by atoms with van der Waals surface area (Å²) >= 11 is 0. The van der Waals surface area contributed by atoms with Crippen molar-refractivity contribution in [1.82, 2.24) is 9.80 Å². The minimum Gasteiger partial charge on any atom is -0.508 e. The number of likely N-dealkylation sites (N-methyl/N-ethyl adjacent to an activating group) is 1. The van der Waals surface area contributed by atoms with E-state index in [4.69, 9.17) is 0 Å². The van der Waals surface area contributed by atoms with Gasteiger partial charge in [-0.3, -0.25) is 4.79 Å². The Kier molecular flexibility index (Phi) is 3.72. The van der Waals surface area contributed by atoms with Crippen LogP contribution in [0.25, 0.3) is 0 Å². The van der Waals surface area contributed by atoms with Gasteiger partial charge in [0.1, 0.15) is 11.5 Å². The number of aromatic hydroxyl groups is 2. The standard InChI is InChI=1S/C13H18N2O3/c1-2-14-3-5-15(6-4-14)13(18)10-7-11(16)9-12(17)8-10/h7-9,16-17H,2-6H2,1H3. The van der Waals surface area contributed by atoms with E-state index in [1.54, 1.807) is 4.90 Å². The third kappa shape index (κ3) is 2.73. The summed E-state index contributed by atoms with van der Waals surface area (Å²) in [6.07, 6.45) is 0. The van der Waals surface area contributed by atoms with E-state index in [9.17, 15) is 15.0 Å². The molecule has 1 fully saturated rings. The minimum atomic E-state index is -0.142. The zero-order valence-electron chi connectivity index (χ0n) is 10.5. The Labute approximate surface area is 106 Å². The van der Waals surface area contributed by atoms with Gasteiger partial charge in [0, 0.05) is 37.8 Å². The van der Waals surface area contributed by atoms with Crippen molar-refractivity contribution < 1.29 is 15.0 Å². The maximum atomic E-state index is 12.2. The monoisotopic (exact) mass is 250 g/mol. The van der Waals surface area contributed by atoms with Crippen LogP contribution in [0.5, 0.6) is 11.5 Å². The number of phenolic OH excluding ortho intramolecular Hbond substituents is 2. The lowest BCUT2D eigenvalue weighted by molar-refractivity contribution is 0.0642. The molecule has 1 aromatic carbocycles. The summed E-state index contributed by atoms with van der Waals surface area (Å²) in [5.41, 5.74) is 0.331. The van der Waals surface area contributed by atoms with E-state index < -0.39 is 0 Å². The number of phenols is 2. The third-order valence-corrected chi connectivity index (χ3v) is 3.26. The van der Waals surface area contributed by atoms with Gasteiger partial charge in [0.05, 0.1) is 0 Å². The van der Waals surface area contributed by atoms with Crippen molar-refractivity contribution in [1.29, 1.82) is 0 Å². The molecule has 0 aliphatic carbocycles. The largest absolute Gasteiger partial charge is 0.508 e. The van der Waals surface area contributed by atoms with Crippen LogP contribution < -0.4 is 0 Å². The molecule has 2 rings (SSSR count). The van der Waals surface area contributed by atoms with E-state index in [0.29, 0.717) is 18.7 Å². The number of amides is 1. The quantitative estimate of drug-likeness (QED) is 0.817. The number of carbonyl (C=O) groups excluding carboxylic acids is 1. The predicted molar refractivity (Wildman–Crippen MR) is 67.8 cm³/mol. The summed E-state index contributed by atoms with van der Waals surface area (Å²) in [4.78, 5) is 16.2. The molecule has 2 N–H and O–H groups in total. The molecule has 1 amide bonds. The second kappa shape index (κ2) is 5.27. The molecule has 1 heterocycles. The average Bonchev–Trinajstić information content (AvgIpc) is 2.37. The highest BCUT2D eigenvalue weighted by Gasteiger charge is 2.21. The van der Waals surface area contributed by atoms with Gasteiger partial charge in [-0.1, -0.05) is 6.92 Å². The maximum Gasteiger partial charge on any atom is 0.254 e. The first-order valence-electron chi connectivity index (χ1n) is 6.15. The number of hydrogen-bond donors (Lipinski definition) is 2. The van der Waals surface area contributed by atoms with E-state index in [2.05, 4.69) is 11.8 Å². The maximum absolute atomic E-state index is 12.2. The molecule has 0 unspecified atom stereocenters. The molecule has 0 bridgehead atoms. The van der Waals surface area contributed by atoms with Crippen molar-refractivity contribution in [3.63, 3.8) is 0 Å². The van der Waals surface area contributed by atoms with E-state index >= 15 is 0 Å². The zero-order valence-corrected chi connectivity index (χ0v) is 10.5. The lowest BCUT2D eigenvalue weighted by Crippen LogP contribution is -2.48. The predicted octanol–water partition coefficient (Wildman–Crippen LogP) is 0.875. The normalized spacial score (nSPS) is 16.8. The molecule has 1 saturated heterocycles. The van der Waals surface area contributed by atoms with Crippen molar-refractivity contribution in [2.24, 2.45) is 0 Å². The summed E-state index contributed by atoms with van der Waals surface area (Å²) in [6.45, 7) is 6.20. The summed E-state index contributed by atoms with van der Waals surface area (Å²) in [5.74, 6) is -0.326. The second-order valence-electron chi connectivity index (χ2n) is 4.46. The summed E-state index contributed by atoms with van der Waals surface area (Å²) in [5, 5.41) is 18.8. The highest BCUT2D eigenvalue weighted by Crippen LogP contribution is 2.21. The highest BCUT2D eigenvalue weighted by molar-refractivity contribution is 5.95. The molecule has 0 spiro atoms. The third-order valence-electron chi connectivity index (χ3n) is 3.26. The lowest BCUT2D eigenvalue weighted by atomic mass is 10.1. The Morgan fingerprint density at radius 2 is 1.67 bits per heavy atom. The Morgan fingerprint density at radius 1 is 1.11 bits per heavy atom. The van der Waals surface area contributed by atoms with Crippen LogP contribution in [0.4, 0.5) is 0 Å². The van der Waals surface area contributed by atoms with Gasteiger partial charge >= 0.3 is 0 Å². The first-order chi connectivity index (χ1) is 8.60. The lowest BCUT2D eigenvalue weighted by Gasteiger charge is -2.34. The van der Waals surface area contributed by atoms with Gasteiger partial charge in [0.25, 0.3) is 5.91 Å². The van der Waals surface area contributed by atoms with Crippen LogP contribution in [0.3, 0.4) is 0 Å². The van der Waals surface area contributed by atoms with E-state index in [1.807, 2.05) is 0 Å². The van der Waals surface area contributed by atoms with Gasteiger partial charge in [0.15, 0.2) is 0 Å². The van der Waals surface area contributed by atoms with Crippen LogP contribution >= 0.6 is 0 Å². The second-order valence-corrected chi connectivity index (χ2v) is 4.46. The molecule has 1 aliphatic rings. The fraction of sp³-hybridized carbons (Fsp3) is 0.462. The first-order valence-corrected chi connectivity index (χ1v) is 6.15. The van der Waals surface area contributed by atoms with Gasteiger partial charge in [-0.2, -0.15) is 0 Å². The van der Waals surface area contributed by atoms with Gasteiger partial charge < -0.3 is 20.0 Å². The van der Waals surface area contributed by atoms with Crippen LogP contribution in [0, 0.1) is 0 Å². The Morgan fingerprint density at radius 3 is 2.17 bits per heavy atom. The molecule has 0 aromatic heterocycles. The number of carbonyl (C=O) groups is 1. The Bertz CT molecular complexity index is 420. The Hall–Kier alpha value is -1.75. The number of nitrogens with zero attached hydrogens (tertiary/aromatic N) is 2. The summed E-state index contributed by atoms with van der Waals surface area (Å²) in [7, 11) is 0. The molecule has 18 heavy (non-hydrogen) atoms. The molecule has 0 radical (unpaired) electrons. The van der Waals surface area contributed by atoms with E-state index in [1.165, 1.54) is 18.2 Å². The van der Waals surface area contributed by atoms with Crippen LogP contribution in [0.1, 0.15) is 17.3 Å². The fourth-order valence-corrected chi connectivity index (χ4v) is 2.17. The zero-order chi connectivity index (χ0) is 13.1. The number of hydrogen-bond acceptors (Lipinski definition) is 4. The molecule has 98 valence electrons. The number of piperazine rings is 1. The van der Waals surface area contributed by atoms with Gasteiger partial charge in [-0.05, 0) is 18.7 Å². The van der Waals surface area contributed by atoms with Crippen LogP contribution in [0.15, 0.2) is 18.2 Å². The van der Waals surface area contributed by atoms with Crippen molar-refractivity contribution in [3.8, 4) is 11.5 Å². The number of rotatable bonds is 2. The Balaban J connectivity index is 2.07. The molecule has 5 nitrogen and oxygen atoms in total.